The largest absolute Gasteiger partial charge is 0.384 e. The Labute approximate surface area is 114 Å². The molecule has 0 saturated heterocycles. The number of isocyanates is 2. The van der Waals surface area contributed by atoms with E-state index in [1.807, 2.05) is 0 Å². The summed E-state index contributed by atoms with van der Waals surface area (Å²) >= 11 is 0. The topological polar surface area (TPSA) is 79.1 Å². The van der Waals surface area contributed by atoms with Gasteiger partial charge in [-0.3, -0.25) is 0 Å². The first-order valence-electron chi connectivity index (χ1n) is 5.78. The van der Waals surface area contributed by atoms with Crippen molar-refractivity contribution in [3.63, 3.8) is 0 Å². The van der Waals surface area contributed by atoms with Gasteiger partial charge < -0.3 is 5.11 Å². The zero-order chi connectivity index (χ0) is 14.4. The molecule has 0 spiro atoms. The van der Waals surface area contributed by atoms with Gasteiger partial charge in [-0.2, -0.15) is 9.98 Å². The molecule has 0 radical (unpaired) electrons. The highest BCUT2D eigenvalue weighted by atomic mass is 16.3. The van der Waals surface area contributed by atoms with Crippen LogP contribution in [0.2, 0.25) is 0 Å². The standard InChI is InChI=1S/C15H10N2O3/c18-9-16-13-5-1-11(2-6-13)15(20)12-3-7-14(8-4-12)17-10-19/h1-8,15,20H. The SMILES string of the molecule is O=C=Nc1ccc(C(O)c2ccc(N=C=O)cc2)cc1. The maximum absolute atomic E-state index is 10.2. The molecular formula is C15H10N2O3. The molecule has 1 N–H and O–H groups in total. The van der Waals surface area contributed by atoms with Gasteiger partial charge in [-0.15, -0.1) is 0 Å². The van der Waals surface area contributed by atoms with E-state index in [1.54, 1.807) is 48.5 Å². The Kier molecular flexibility index (Phi) is 4.32. The number of rotatable bonds is 4. The molecule has 0 aliphatic heterocycles. The van der Waals surface area contributed by atoms with Crippen LogP contribution in [0.5, 0.6) is 0 Å². The van der Waals surface area contributed by atoms with Crippen molar-refractivity contribution >= 4 is 23.5 Å². The molecule has 20 heavy (non-hydrogen) atoms. The van der Waals surface area contributed by atoms with E-state index in [-0.39, 0.29) is 0 Å². The third kappa shape index (κ3) is 3.13. The van der Waals surface area contributed by atoms with Crippen LogP contribution in [0.15, 0.2) is 58.5 Å². The number of aliphatic imine (C=N–C) groups is 2. The molecular weight excluding hydrogens is 256 g/mol. The van der Waals surface area contributed by atoms with Crippen molar-refractivity contribution in [2.24, 2.45) is 9.98 Å². The van der Waals surface area contributed by atoms with Crippen LogP contribution in [0.1, 0.15) is 17.2 Å². The van der Waals surface area contributed by atoms with E-state index in [9.17, 15) is 14.7 Å². The molecule has 0 unspecified atom stereocenters. The third-order valence-electron chi connectivity index (χ3n) is 2.77. The first-order valence-corrected chi connectivity index (χ1v) is 5.78. The molecule has 5 heteroatoms. The van der Waals surface area contributed by atoms with E-state index in [4.69, 9.17) is 0 Å². The number of hydrogen-bond donors (Lipinski definition) is 1. The first-order chi connectivity index (χ1) is 9.74. The zero-order valence-corrected chi connectivity index (χ0v) is 10.4. The fraction of sp³-hybridized carbons (Fsp3) is 0.0667. The van der Waals surface area contributed by atoms with Gasteiger partial charge in [-0.1, -0.05) is 24.3 Å². The second-order valence-corrected chi connectivity index (χ2v) is 3.99. The highest BCUT2D eigenvalue weighted by Gasteiger charge is 2.10. The Balaban J connectivity index is 2.23. The second-order valence-electron chi connectivity index (χ2n) is 3.99. The molecule has 0 atom stereocenters. The maximum atomic E-state index is 10.2. The molecule has 98 valence electrons. The summed E-state index contributed by atoms with van der Waals surface area (Å²) < 4.78 is 0. The van der Waals surface area contributed by atoms with E-state index in [2.05, 4.69) is 9.98 Å². The van der Waals surface area contributed by atoms with Crippen LogP contribution >= 0.6 is 0 Å². The minimum absolute atomic E-state index is 0.478. The Bertz CT molecular complexity index is 619. The normalized spacial score (nSPS) is 11.1. The Morgan fingerprint density at radius 2 is 1.10 bits per heavy atom. The molecule has 0 heterocycles. The maximum Gasteiger partial charge on any atom is 0.240 e. The number of aliphatic hydroxyl groups is 1. The lowest BCUT2D eigenvalue weighted by molar-refractivity contribution is 0.220. The minimum atomic E-state index is -0.807. The fourth-order valence-electron chi connectivity index (χ4n) is 1.76. The summed E-state index contributed by atoms with van der Waals surface area (Å²) in [7, 11) is 0. The summed E-state index contributed by atoms with van der Waals surface area (Å²) in [6.07, 6.45) is 2.10. The third-order valence-corrected chi connectivity index (χ3v) is 2.77. The molecule has 2 rings (SSSR count). The van der Waals surface area contributed by atoms with E-state index in [0.717, 1.165) is 0 Å². The van der Waals surface area contributed by atoms with Crippen molar-refractivity contribution in [3.05, 3.63) is 59.7 Å². The van der Waals surface area contributed by atoms with Gasteiger partial charge in [0, 0.05) is 0 Å². The molecule has 0 aromatic heterocycles. The predicted molar refractivity (Wildman–Crippen MR) is 72.5 cm³/mol. The number of hydrogen-bond acceptors (Lipinski definition) is 5. The smallest absolute Gasteiger partial charge is 0.240 e. The Hall–Kier alpha value is -2.84. The van der Waals surface area contributed by atoms with Gasteiger partial charge in [0.05, 0.1) is 11.4 Å². The summed E-state index contributed by atoms with van der Waals surface area (Å²) in [5.74, 6) is 0. The monoisotopic (exact) mass is 266 g/mol. The van der Waals surface area contributed by atoms with E-state index in [0.29, 0.717) is 22.5 Å². The molecule has 0 saturated carbocycles. The van der Waals surface area contributed by atoms with Crippen molar-refractivity contribution in [2.45, 2.75) is 6.10 Å². The summed E-state index contributed by atoms with van der Waals surface area (Å²) in [6.45, 7) is 0. The van der Waals surface area contributed by atoms with Crippen LogP contribution in [-0.4, -0.2) is 17.3 Å². The number of nitrogens with zero attached hydrogens (tertiary/aromatic N) is 2. The Morgan fingerprint density at radius 3 is 1.40 bits per heavy atom. The predicted octanol–water partition coefficient (Wildman–Crippen LogP) is 2.70. The van der Waals surface area contributed by atoms with Crippen molar-refractivity contribution in [1.82, 2.24) is 0 Å². The minimum Gasteiger partial charge on any atom is -0.384 e. The molecule has 5 nitrogen and oxygen atoms in total. The molecule has 0 aliphatic rings. The van der Waals surface area contributed by atoms with Gasteiger partial charge >= 0.3 is 0 Å². The van der Waals surface area contributed by atoms with Gasteiger partial charge in [0.15, 0.2) is 0 Å². The van der Waals surface area contributed by atoms with Crippen molar-refractivity contribution in [2.75, 3.05) is 0 Å². The van der Waals surface area contributed by atoms with Crippen LogP contribution in [0.4, 0.5) is 11.4 Å². The van der Waals surface area contributed by atoms with E-state index >= 15 is 0 Å². The first kappa shape index (κ1) is 13.6. The van der Waals surface area contributed by atoms with Gasteiger partial charge in [0.2, 0.25) is 12.2 Å². The lowest BCUT2D eigenvalue weighted by Gasteiger charge is -2.11. The molecule has 0 fully saturated rings. The molecule has 2 aromatic carbocycles. The molecule has 0 amide bonds. The molecule has 0 aliphatic carbocycles. The number of carbonyl (C=O) groups excluding carboxylic acids is 2. The highest BCUT2D eigenvalue weighted by Crippen LogP contribution is 2.25. The van der Waals surface area contributed by atoms with Crippen LogP contribution in [0, 0.1) is 0 Å². The van der Waals surface area contributed by atoms with E-state index < -0.39 is 6.10 Å². The average Bonchev–Trinajstić information content (AvgIpc) is 2.49. The van der Waals surface area contributed by atoms with Crippen LogP contribution in [-0.2, 0) is 9.59 Å². The summed E-state index contributed by atoms with van der Waals surface area (Å²) in [6, 6.07) is 13.2. The average molecular weight is 266 g/mol. The van der Waals surface area contributed by atoms with Gasteiger partial charge in [-0.05, 0) is 35.4 Å². The number of aliphatic hydroxyl groups excluding tert-OH is 1. The number of benzene rings is 2. The van der Waals surface area contributed by atoms with Crippen LogP contribution in [0.3, 0.4) is 0 Å². The lowest BCUT2D eigenvalue weighted by atomic mass is 10.0. The summed E-state index contributed by atoms with van der Waals surface area (Å²) in [5, 5.41) is 10.2. The van der Waals surface area contributed by atoms with Crippen molar-refractivity contribution in [3.8, 4) is 0 Å². The quantitative estimate of drug-likeness (QED) is 0.682. The fourth-order valence-corrected chi connectivity index (χ4v) is 1.76. The molecule has 0 bridgehead atoms. The van der Waals surface area contributed by atoms with Crippen LogP contribution < -0.4 is 0 Å². The second kappa shape index (κ2) is 6.36. The summed E-state index contributed by atoms with van der Waals surface area (Å²) in [5.41, 5.74) is 2.29. The van der Waals surface area contributed by atoms with Crippen LogP contribution in [0.25, 0.3) is 0 Å². The van der Waals surface area contributed by atoms with Gasteiger partial charge in [-0.25, -0.2) is 9.59 Å². The van der Waals surface area contributed by atoms with Crippen molar-refractivity contribution in [1.29, 1.82) is 0 Å². The van der Waals surface area contributed by atoms with Crippen molar-refractivity contribution < 1.29 is 14.7 Å². The summed E-state index contributed by atoms with van der Waals surface area (Å²) in [4.78, 5) is 27.2. The molecule has 2 aromatic rings. The van der Waals surface area contributed by atoms with Gasteiger partial charge in [0.1, 0.15) is 6.10 Å². The van der Waals surface area contributed by atoms with Gasteiger partial charge in [0.25, 0.3) is 0 Å². The highest BCUT2D eigenvalue weighted by molar-refractivity contribution is 5.51. The lowest BCUT2D eigenvalue weighted by Crippen LogP contribution is -1.98. The Morgan fingerprint density at radius 1 is 0.750 bits per heavy atom. The zero-order valence-electron chi connectivity index (χ0n) is 10.4. The van der Waals surface area contributed by atoms with E-state index in [1.165, 1.54) is 12.2 Å².